The van der Waals surface area contributed by atoms with Gasteiger partial charge in [0.05, 0.1) is 5.56 Å². The van der Waals surface area contributed by atoms with Crippen LogP contribution in [0.3, 0.4) is 0 Å². The van der Waals surface area contributed by atoms with Crippen molar-refractivity contribution in [3.05, 3.63) is 29.6 Å². The number of hydrogen-bond acceptors (Lipinski definition) is 2. The zero-order valence-corrected chi connectivity index (χ0v) is 8.99. The van der Waals surface area contributed by atoms with Crippen LogP contribution in [-0.2, 0) is 0 Å². The lowest BCUT2D eigenvalue weighted by molar-refractivity contribution is 0.621. The largest absolute Gasteiger partial charge is 0.384 e. The molecule has 0 saturated carbocycles. The second-order valence-electron chi connectivity index (χ2n) is 3.19. The summed E-state index contributed by atoms with van der Waals surface area (Å²) in [6.45, 7) is 4.03. The standard InChI is InChI=1S/C10H13FN2S/c1-6(2)14-8-5-3-4-7(11)9(8)10(12)13/h3-6H,1-2H3,(H3,12,13). The molecule has 0 bridgehead atoms. The van der Waals surface area contributed by atoms with Gasteiger partial charge in [-0.15, -0.1) is 11.8 Å². The number of nitrogen functional groups attached to an aromatic ring is 1. The smallest absolute Gasteiger partial charge is 0.135 e. The van der Waals surface area contributed by atoms with Crippen LogP contribution < -0.4 is 5.73 Å². The Balaban J connectivity index is 3.14. The lowest BCUT2D eigenvalue weighted by Crippen LogP contribution is -2.14. The zero-order valence-electron chi connectivity index (χ0n) is 8.17. The fraction of sp³-hybridized carbons (Fsp3) is 0.300. The molecule has 0 radical (unpaired) electrons. The maximum absolute atomic E-state index is 13.3. The van der Waals surface area contributed by atoms with E-state index in [1.165, 1.54) is 17.8 Å². The van der Waals surface area contributed by atoms with Gasteiger partial charge in [-0.05, 0) is 12.1 Å². The first kappa shape index (κ1) is 11.0. The highest BCUT2D eigenvalue weighted by Gasteiger charge is 2.12. The maximum atomic E-state index is 13.3. The van der Waals surface area contributed by atoms with Gasteiger partial charge in [0.15, 0.2) is 0 Å². The van der Waals surface area contributed by atoms with Crippen LogP contribution in [0, 0.1) is 11.2 Å². The van der Waals surface area contributed by atoms with Crippen LogP contribution >= 0.6 is 11.8 Å². The van der Waals surface area contributed by atoms with Crippen molar-refractivity contribution in [2.45, 2.75) is 24.0 Å². The van der Waals surface area contributed by atoms with Gasteiger partial charge < -0.3 is 5.73 Å². The zero-order chi connectivity index (χ0) is 10.7. The highest BCUT2D eigenvalue weighted by atomic mass is 32.2. The van der Waals surface area contributed by atoms with Crippen molar-refractivity contribution in [2.75, 3.05) is 0 Å². The third-order valence-electron chi connectivity index (χ3n) is 1.61. The Kier molecular flexibility index (Phi) is 3.52. The van der Waals surface area contributed by atoms with E-state index in [2.05, 4.69) is 0 Å². The molecule has 0 aromatic heterocycles. The summed E-state index contributed by atoms with van der Waals surface area (Å²) in [6, 6.07) is 4.73. The lowest BCUT2D eigenvalue weighted by atomic mass is 10.2. The van der Waals surface area contributed by atoms with Gasteiger partial charge in [0, 0.05) is 10.1 Å². The topological polar surface area (TPSA) is 49.9 Å². The molecule has 4 heteroatoms. The van der Waals surface area contributed by atoms with Crippen LogP contribution in [0.2, 0.25) is 0 Å². The van der Waals surface area contributed by atoms with Gasteiger partial charge in [-0.25, -0.2) is 4.39 Å². The predicted octanol–water partition coefficient (Wildman–Crippen LogP) is 2.61. The Labute approximate surface area is 87.2 Å². The summed E-state index contributed by atoms with van der Waals surface area (Å²) in [7, 11) is 0. The first-order valence-electron chi connectivity index (χ1n) is 4.32. The molecule has 3 N–H and O–H groups in total. The summed E-state index contributed by atoms with van der Waals surface area (Å²) in [4.78, 5) is 0.729. The summed E-state index contributed by atoms with van der Waals surface area (Å²) in [5, 5.41) is 7.63. The summed E-state index contributed by atoms with van der Waals surface area (Å²) in [5.74, 6) is -0.644. The van der Waals surface area contributed by atoms with Gasteiger partial charge in [0.2, 0.25) is 0 Å². The van der Waals surface area contributed by atoms with Crippen molar-refractivity contribution in [1.82, 2.24) is 0 Å². The average molecular weight is 212 g/mol. The maximum Gasteiger partial charge on any atom is 0.135 e. The monoisotopic (exact) mass is 212 g/mol. The molecule has 0 unspecified atom stereocenters. The van der Waals surface area contributed by atoms with E-state index in [4.69, 9.17) is 11.1 Å². The Bertz CT molecular complexity index is 350. The minimum atomic E-state index is -0.428. The van der Waals surface area contributed by atoms with Crippen LogP contribution in [-0.4, -0.2) is 11.1 Å². The molecular formula is C10H13FN2S. The minimum absolute atomic E-state index is 0.214. The average Bonchev–Trinajstić information content (AvgIpc) is 2.01. The first-order chi connectivity index (χ1) is 6.52. The molecule has 0 heterocycles. The number of benzene rings is 1. The molecule has 1 aromatic carbocycles. The van der Waals surface area contributed by atoms with Gasteiger partial charge in [0.1, 0.15) is 11.7 Å². The van der Waals surface area contributed by atoms with Crippen LogP contribution in [0.1, 0.15) is 19.4 Å². The number of halogens is 1. The molecule has 0 aliphatic heterocycles. The van der Waals surface area contributed by atoms with Crippen LogP contribution in [0.15, 0.2) is 23.1 Å². The van der Waals surface area contributed by atoms with Gasteiger partial charge in [0.25, 0.3) is 0 Å². The Morgan fingerprint density at radius 3 is 2.64 bits per heavy atom. The number of thioether (sulfide) groups is 1. The van der Waals surface area contributed by atoms with E-state index in [-0.39, 0.29) is 11.4 Å². The van der Waals surface area contributed by atoms with E-state index in [9.17, 15) is 4.39 Å². The molecule has 0 spiro atoms. The molecule has 0 atom stereocenters. The van der Waals surface area contributed by atoms with Gasteiger partial charge in [-0.3, -0.25) is 5.41 Å². The SMILES string of the molecule is CC(C)Sc1cccc(F)c1C(=N)N. The fourth-order valence-corrected chi connectivity index (χ4v) is 2.11. The van der Waals surface area contributed by atoms with Crippen molar-refractivity contribution in [3.8, 4) is 0 Å². The molecule has 1 rings (SSSR count). The fourth-order valence-electron chi connectivity index (χ4n) is 1.12. The quantitative estimate of drug-likeness (QED) is 0.459. The summed E-state index contributed by atoms with van der Waals surface area (Å²) >= 11 is 1.51. The van der Waals surface area contributed by atoms with E-state index in [1.807, 2.05) is 13.8 Å². The summed E-state index contributed by atoms with van der Waals surface area (Å²) in [5.41, 5.74) is 5.54. The van der Waals surface area contributed by atoms with E-state index >= 15 is 0 Å². The van der Waals surface area contributed by atoms with Gasteiger partial charge in [-0.2, -0.15) is 0 Å². The molecule has 76 valence electrons. The number of amidine groups is 1. The molecule has 14 heavy (non-hydrogen) atoms. The molecule has 0 aliphatic rings. The van der Waals surface area contributed by atoms with Crippen molar-refractivity contribution in [1.29, 1.82) is 5.41 Å². The Morgan fingerprint density at radius 1 is 1.50 bits per heavy atom. The number of rotatable bonds is 3. The van der Waals surface area contributed by atoms with Gasteiger partial charge in [-0.1, -0.05) is 19.9 Å². The highest BCUT2D eigenvalue weighted by molar-refractivity contribution is 8.00. The Hall–Kier alpha value is -1.03. The first-order valence-corrected chi connectivity index (χ1v) is 5.20. The van der Waals surface area contributed by atoms with Gasteiger partial charge >= 0.3 is 0 Å². The second kappa shape index (κ2) is 4.46. The summed E-state index contributed by atoms with van der Waals surface area (Å²) < 4.78 is 13.3. The van der Waals surface area contributed by atoms with Crippen molar-refractivity contribution >= 4 is 17.6 Å². The Morgan fingerprint density at radius 2 is 2.14 bits per heavy atom. The van der Waals surface area contributed by atoms with Crippen molar-refractivity contribution in [3.63, 3.8) is 0 Å². The molecule has 0 aliphatic carbocycles. The second-order valence-corrected chi connectivity index (χ2v) is 4.81. The molecule has 0 fully saturated rings. The van der Waals surface area contributed by atoms with Crippen LogP contribution in [0.4, 0.5) is 4.39 Å². The van der Waals surface area contributed by atoms with Crippen molar-refractivity contribution in [2.24, 2.45) is 5.73 Å². The molecule has 0 saturated heterocycles. The molecule has 1 aromatic rings. The highest BCUT2D eigenvalue weighted by Crippen LogP contribution is 2.27. The van der Waals surface area contributed by atoms with E-state index in [1.54, 1.807) is 12.1 Å². The number of hydrogen-bond donors (Lipinski definition) is 2. The van der Waals surface area contributed by atoms with Crippen molar-refractivity contribution < 1.29 is 4.39 Å². The number of nitrogens with one attached hydrogen (secondary N) is 1. The number of nitrogens with two attached hydrogens (primary N) is 1. The minimum Gasteiger partial charge on any atom is -0.384 e. The van der Waals surface area contributed by atoms with Crippen LogP contribution in [0.25, 0.3) is 0 Å². The van der Waals surface area contributed by atoms with Crippen LogP contribution in [0.5, 0.6) is 0 Å². The van der Waals surface area contributed by atoms with E-state index < -0.39 is 5.82 Å². The molecule has 0 amide bonds. The van der Waals surface area contributed by atoms with E-state index in [0.717, 1.165) is 4.90 Å². The summed E-state index contributed by atoms with van der Waals surface area (Å²) in [6.07, 6.45) is 0. The molecular weight excluding hydrogens is 199 g/mol. The third kappa shape index (κ3) is 2.48. The normalized spacial score (nSPS) is 10.6. The van der Waals surface area contributed by atoms with E-state index in [0.29, 0.717) is 5.25 Å². The lowest BCUT2D eigenvalue weighted by Gasteiger charge is -2.10. The third-order valence-corrected chi connectivity index (χ3v) is 2.67. The molecule has 2 nitrogen and oxygen atoms in total. The predicted molar refractivity (Wildman–Crippen MR) is 58.4 cm³/mol.